The molecule has 6 rings (SSSR count). The Kier molecular flexibility index (Phi) is 12.2. The van der Waals surface area contributed by atoms with Crippen LogP contribution in [-0.2, 0) is 24.2 Å². The van der Waals surface area contributed by atoms with E-state index in [1.165, 1.54) is 65.7 Å². The van der Waals surface area contributed by atoms with Crippen LogP contribution in [0.1, 0.15) is 36.5 Å². The van der Waals surface area contributed by atoms with E-state index in [4.69, 9.17) is 0 Å². The van der Waals surface area contributed by atoms with Gasteiger partial charge in [-0.05, 0) is 0 Å². The molecule has 0 saturated heterocycles. The molecule has 0 atom stereocenters. The normalized spacial score (nSPS) is 9.86. The Morgan fingerprint density at radius 2 is 1.03 bits per heavy atom. The zero-order valence-corrected chi connectivity index (χ0v) is 23.6. The fourth-order valence-corrected chi connectivity index (χ4v) is 4.87. The summed E-state index contributed by atoms with van der Waals surface area (Å²) in [5.41, 5.74) is 4.10. The van der Waals surface area contributed by atoms with Crippen LogP contribution in [0.5, 0.6) is 0 Å². The van der Waals surface area contributed by atoms with E-state index in [1.807, 2.05) is 0 Å². The van der Waals surface area contributed by atoms with Crippen LogP contribution in [0.25, 0.3) is 21.5 Å². The van der Waals surface area contributed by atoms with Gasteiger partial charge in [0.15, 0.2) is 0 Å². The first-order chi connectivity index (χ1) is 17.1. The van der Waals surface area contributed by atoms with Crippen molar-refractivity contribution in [1.82, 2.24) is 0 Å². The molecule has 0 aliphatic carbocycles. The Labute approximate surface area is 233 Å². The minimum Gasteiger partial charge on any atom is -0.126 e. The topological polar surface area (TPSA) is 0 Å². The molecule has 0 nitrogen and oxygen atoms in total. The maximum atomic E-state index is 2.24. The molecule has 0 heterocycles. The molecule has 0 unspecified atom stereocenters. The Morgan fingerprint density at radius 3 is 1.41 bits per heavy atom. The van der Waals surface area contributed by atoms with Crippen molar-refractivity contribution in [2.75, 3.05) is 0 Å². The number of halogens is 2. The third-order valence-electron chi connectivity index (χ3n) is 6.00. The van der Waals surface area contributed by atoms with Crippen LogP contribution in [0.3, 0.4) is 0 Å². The van der Waals surface area contributed by atoms with Gasteiger partial charge < -0.3 is 9.41 Å². The van der Waals surface area contributed by atoms with Crippen molar-refractivity contribution in [1.29, 1.82) is 0 Å². The minimum atomic E-state index is 0. The summed E-state index contributed by atoms with van der Waals surface area (Å²) in [6.07, 6.45) is 0. The molecule has 0 saturated carbocycles. The van der Waals surface area contributed by atoms with Crippen molar-refractivity contribution in [3.63, 3.8) is 0 Å². The van der Waals surface area contributed by atoms with Crippen molar-refractivity contribution >= 4 is 24.8 Å². The summed E-state index contributed by atoms with van der Waals surface area (Å²) in [6.45, 7) is 4.41. The molecule has 6 aromatic carbocycles. The number of hydrogen-bond acceptors (Lipinski definition) is 0. The zero-order valence-electron chi connectivity index (χ0n) is 21.1. The van der Waals surface area contributed by atoms with Crippen LogP contribution in [-0.4, -0.2) is 3.21 Å². The van der Waals surface area contributed by atoms with Gasteiger partial charge in [-0.2, -0.15) is 23.8 Å². The van der Waals surface area contributed by atoms with Crippen LogP contribution in [0.15, 0.2) is 140 Å². The summed E-state index contributed by atoms with van der Waals surface area (Å²) in [4.78, 5) is 0. The molecule has 0 bridgehead atoms. The summed E-state index contributed by atoms with van der Waals surface area (Å²) in [6, 6.07) is 48.9. The van der Waals surface area contributed by atoms with E-state index in [2.05, 4.69) is 153 Å². The van der Waals surface area contributed by atoms with Gasteiger partial charge in [0.1, 0.15) is 0 Å². The molecule has 0 spiro atoms. The van der Waals surface area contributed by atoms with Crippen LogP contribution < -0.4 is 9.41 Å². The first-order valence-electron chi connectivity index (χ1n) is 12.1. The molecule has 0 aliphatic heterocycles. The molecule has 0 aliphatic rings. The SMILES string of the molecule is CC(C)c1cc[cH-]c1.[F-].[F-].[Zr+2]=[C](c1ccccc1)c1ccccc1.c1ccc2c(c1)[cH-]c1ccccc12. The molecular weight excluding hydrogens is 538 g/mol. The maximum absolute atomic E-state index is 2.24. The molecular formula is C34H30F2Zr-2. The summed E-state index contributed by atoms with van der Waals surface area (Å²) in [5.74, 6) is 0.685. The van der Waals surface area contributed by atoms with E-state index in [1.54, 1.807) is 0 Å². The molecule has 0 radical (unpaired) electrons. The fourth-order valence-electron chi connectivity index (χ4n) is 4.05. The van der Waals surface area contributed by atoms with Gasteiger partial charge in [-0.3, -0.25) is 0 Å². The number of benzene rings is 4. The van der Waals surface area contributed by atoms with Gasteiger partial charge >= 0.3 is 99.2 Å². The van der Waals surface area contributed by atoms with Crippen LogP contribution in [0.4, 0.5) is 0 Å². The van der Waals surface area contributed by atoms with Crippen molar-refractivity contribution in [2.45, 2.75) is 19.8 Å². The Balaban J connectivity index is 0.000000197. The van der Waals surface area contributed by atoms with Crippen LogP contribution in [0.2, 0.25) is 0 Å². The standard InChI is InChI=1S/C13H9.C13H10.C8H11.2FH.Zr/c1-3-7-12-10(5-1)9-11-6-2-4-8-13(11)12;1-3-7-12(8-4-1)11-13-9-5-2-6-10-13;1-7(2)8-5-3-4-6-8;;;/h1-9H;1-10H;3-7H,1-2H3;2*1H;/q-1;;-1;;;+2/p-2. The largest absolute Gasteiger partial charge is 0.126 e. The molecule has 0 amide bonds. The number of rotatable bonds is 3. The Hall–Kier alpha value is -3.29. The van der Waals surface area contributed by atoms with E-state index < -0.39 is 0 Å². The smallest absolute Gasteiger partial charge is 0.0771 e. The first kappa shape index (κ1) is 29.9. The molecule has 0 N–H and O–H groups in total. The predicted molar refractivity (Wildman–Crippen MR) is 149 cm³/mol. The number of hydrogen-bond donors (Lipinski definition) is 0. The van der Waals surface area contributed by atoms with Crippen LogP contribution in [0, 0.1) is 0 Å². The van der Waals surface area contributed by atoms with Gasteiger partial charge in [-0.15, -0.1) is 39.7 Å². The van der Waals surface area contributed by atoms with E-state index in [9.17, 15) is 0 Å². The first-order valence-corrected chi connectivity index (χ1v) is 13.3. The van der Waals surface area contributed by atoms with Gasteiger partial charge in [0.25, 0.3) is 0 Å². The van der Waals surface area contributed by atoms with E-state index >= 15 is 0 Å². The molecule has 186 valence electrons. The average Bonchev–Trinajstić information content (AvgIpc) is 3.59. The second kappa shape index (κ2) is 15.1. The van der Waals surface area contributed by atoms with Crippen molar-refractivity contribution < 1.29 is 33.6 Å². The second-order valence-electron chi connectivity index (χ2n) is 8.80. The Bertz CT molecular complexity index is 1370. The van der Waals surface area contributed by atoms with Crippen molar-refractivity contribution in [3.8, 4) is 0 Å². The third-order valence-corrected chi connectivity index (χ3v) is 7.42. The molecule has 6 aromatic rings. The minimum absolute atomic E-state index is 0. The second-order valence-corrected chi connectivity index (χ2v) is 10.0. The van der Waals surface area contributed by atoms with Gasteiger partial charge in [0.05, 0.1) is 0 Å². The van der Waals surface area contributed by atoms with Gasteiger partial charge in [-0.1, -0.05) is 56.2 Å². The van der Waals surface area contributed by atoms with Gasteiger partial charge in [0, 0.05) is 0 Å². The quantitative estimate of drug-likeness (QED) is 0.289. The van der Waals surface area contributed by atoms with Gasteiger partial charge in [-0.25, -0.2) is 6.07 Å². The Morgan fingerprint density at radius 1 is 0.595 bits per heavy atom. The molecule has 0 fully saturated rings. The summed E-state index contributed by atoms with van der Waals surface area (Å²) < 4.78 is 1.42. The predicted octanol–water partition coefficient (Wildman–Crippen LogP) is 3.05. The monoisotopic (exact) mass is 566 g/mol. The summed E-state index contributed by atoms with van der Waals surface area (Å²) in [5, 5.41) is 5.39. The molecule has 37 heavy (non-hydrogen) atoms. The van der Waals surface area contributed by atoms with Crippen LogP contribution >= 0.6 is 0 Å². The summed E-state index contributed by atoms with van der Waals surface area (Å²) >= 11 is 1.46. The van der Waals surface area contributed by atoms with E-state index in [0.717, 1.165) is 0 Å². The van der Waals surface area contributed by atoms with Gasteiger partial charge in [0.2, 0.25) is 0 Å². The van der Waals surface area contributed by atoms with Crippen molar-refractivity contribution in [2.24, 2.45) is 0 Å². The number of fused-ring (bicyclic) bond motifs is 3. The van der Waals surface area contributed by atoms with E-state index in [0.29, 0.717) is 5.92 Å². The third kappa shape index (κ3) is 8.10. The maximum Gasteiger partial charge on any atom is -0.0771 e. The van der Waals surface area contributed by atoms with Crippen molar-refractivity contribution in [3.05, 3.63) is 156 Å². The zero-order chi connectivity index (χ0) is 24.5. The molecule has 3 heteroatoms. The molecule has 0 aromatic heterocycles. The van der Waals surface area contributed by atoms with E-state index in [-0.39, 0.29) is 9.41 Å². The average molecular weight is 568 g/mol. The summed E-state index contributed by atoms with van der Waals surface area (Å²) in [7, 11) is 0. The fraction of sp³-hybridized carbons (Fsp3) is 0.0882.